The van der Waals surface area contributed by atoms with E-state index < -0.39 is 0 Å². The van der Waals surface area contributed by atoms with Gasteiger partial charge in [-0.2, -0.15) is 0 Å². The summed E-state index contributed by atoms with van der Waals surface area (Å²) in [6.07, 6.45) is 8.31. The molecule has 0 amide bonds. The van der Waals surface area contributed by atoms with Crippen molar-refractivity contribution in [3.63, 3.8) is 0 Å². The van der Waals surface area contributed by atoms with Crippen LogP contribution >= 0.6 is 0 Å². The minimum Gasteiger partial charge on any atom is -0.369 e. The maximum atomic E-state index is 4.88. The number of piperazine rings is 1. The van der Waals surface area contributed by atoms with Gasteiger partial charge in [0, 0.05) is 68.3 Å². The first-order chi connectivity index (χ1) is 14.7. The second-order valence-corrected chi connectivity index (χ2v) is 7.88. The largest absolute Gasteiger partial charge is 0.369 e. The van der Waals surface area contributed by atoms with Gasteiger partial charge in [-0.3, -0.25) is 9.98 Å². The molecule has 0 radical (unpaired) electrons. The van der Waals surface area contributed by atoms with Crippen LogP contribution in [0.15, 0.2) is 60.0 Å². The minimum absolute atomic E-state index is 0.615. The monoisotopic (exact) mass is 400 g/mol. The number of allylic oxidation sites excluding steroid dienone is 1. The molecule has 2 aromatic heterocycles. The predicted octanol–water partition coefficient (Wildman–Crippen LogP) is 3.55. The molecule has 0 spiro atoms. The van der Waals surface area contributed by atoms with Gasteiger partial charge in [-0.05, 0) is 55.8 Å². The summed E-state index contributed by atoms with van der Waals surface area (Å²) in [4.78, 5) is 14.2. The quantitative estimate of drug-likeness (QED) is 0.728. The zero-order valence-corrected chi connectivity index (χ0v) is 17.7. The van der Waals surface area contributed by atoms with E-state index in [0.717, 1.165) is 55.2 Å². The Bertz CT molecular complexity index is 1100. The SMILES string of the molecule is CCn1cc(C2=NCN(c3ccc(N4CCNCC4)cc3)C=C2)c2nccc(C)c21. The molecule has 4 heterocycles. The lowest BCUT2D eigenvalue weighted by atomic mass is 10.1. The number of fused-ring (bicyclic) bond motifs is 1. The standard InChI is InChI=1S/C24H28N6/c1-3-28-16-21(23-24(28)18(2)8-10-26-23)22-9-13-30(17-27-22)20-6-4-19(5-7-20)29-14-11-25-12-15-29/h4-10,13,16,25H,3,11-12,14-15,17H2,1-2H3. The fourth-order valence-electron chi connectivity index (χ4n) is 4.36. The number of pyridine rings is 1. The number of benzene rings is 1. The summed E-state index contributed by atoms with van der Waals surface area (Å²) >= 11 is 0. The second kappa shape index (κ2) is 7.95. The Kier molecular flexibility index (Phi) is 5.01. The number of hydrogen-bond acceptors (Lipinski definition) is 5. The molecule has 1 aromatic carbocycles. The van der Waals surface area contributed by atoms with Crippen LogP contribution in [0.1, 0.15) is 18.1 Å². The molecule has 2 aliphatic heterocycles. The second-order valence-electron chi connectivity index (χ2n) is 7.88. The minimum atomic E-state index is 0.615. The van der Waals surface area contributed by atoms with Gasteiger partial charge in [0.25, 0.3) is 0 Å². The zero-order valence-electron chi connectivity index (χ0n) is 17.7. The van der Waals surface area contributed by atoms with Crippen molar-refractivity contribution in [3.8, 4) is 0 Å². The first kappa shape index (κ1) is 18.9. The molecular weight excluding hydrogens is 372 g/mol. The van der Waals surface area contributed by atoms with Gasteiger partial charge < -0.3 is 19.7 Å². The summed E-state index contributed by atoms with van der Waals surface area (Å²) in [5, 5.41) is 3.40. The summed E-state index contributed by atoms with van der Waals surface area (Å²) in [6.45, 7) is 10.1. The highest BCUT2D eigenvalue weighted by molar-refractivity contribution is 6.16. The number of rotatable bonds is 4. The average Bonchev–Trinajstić information content (AvgIpc) is 3.20. The summed E-state index contributed by atoms with van der Waals surface area (Å²) < 4.78 is 2.27. The molecule has 1 fully saturated rings. The molecule has 0 bridgehead atoms. The molecule has 30 heavy (non-hydrogen) atoms. The summed E-state index contributed by atoms with van der Waals surface area (Å²) in [6, 6.07) is 10.9. The summed E-state index contributed by atoms with van der Waals surface area (Å²) in [5.74, 6) is 0. The Morgan fingerprint density at radius 2 is 1.80 bits per heavy atom. The van der Waals surface area contributed by atoms with Gasteiger partial charge in [-0.1, -0.05) is 0 Å². The van der Waals surface area contributed by atoms with Crippen LogP contribution in [0.25, 0.3) is 11.0 Å². The van der Waals surface area contributed by atoms with Crippen molar-refractivity contribution in [2.75, 3.05) is 42.6 Å². The van der Waals surface area contributed by atoms with Crippen LogP contribution in [0.4, 0.5) is 11.4 Å². The van der Waals surface area contributed by atoms with Crippen LogP contribution in [0, 0.1) is 6.92 Å². The van der Waals surface area contributed by atoms with Crippen LogP contribution in [-0.2, 0) is 6.54 Å². The number of aliphatic imine (C=N–C) groups is 1. The van der Waals surface area contributed by atoms with Gasteiger partial charge in [0.05, 0.1) is 16.7 Å². The topological polar surface area (TPSA) is 48.7 Å². The molecule has 6 heteroatoms. The van der Waals surface area contributed by atoms with E-state index in [1.807, 2.05) is 6.20 Å². The number of anilines is 2. The Hall–Kier alpha value is -3.12. The predicted molar refractivity (Wildman–Crippen MR) is 125 cm³/mol. The normalized spacial score (nSPS) is 16.9. The van der Waals surface area contributed by atoms with E-state index in [0.29, 0.717) is 6.67 Å². The molecule has 154 valence electrons. The summed E-state index contributed by atoms with van der Waals surface area (Å²) in [5.41, 5.74) is 8.06. The molecule has 0 unspecified atom stereocenters. The highest BCUT2D eigenvalue weighted by atomic mass is 15.2. The van der Waals surface area contributed by atoms with E-state index in [2.05, 4.69) is 87.3 Å². The maximum Gasteiger partial charge on any atom is 0.115 e. The third-order valence-electron chi connectivity index (χ3n) is 6.04. The molecular formula is C24H28N6. The van der Waals surface area contributed by atoms with Gasteiger partial charge in [0.1, 0.15) is 6.67 Å². The van der Waals surface area contributed by atoms with Crippen LogP contribution in [0.3, 0.4) is 0 Å². The Morgan fingerprint density at radius 1 is 1.03 bits per heavy atom. The van der Waals surface area contributed by atoms with Gasteiger partial charge in [-0.25, -0.2) is 0 Å². The van der Waals surface area contributed by atoms with Crippen molar-refractivity contribution >= 4 is 28.1 Å². The van der Waals surface area contributed by atoms with Gasteiger partial charge in [-0.15, -0.1) is 0 Å². The van der Waals surface area contributed by atoms with Crippen molar-refractivity contribution in [1.82, 2.24) is 14.9 Å². The number of nitrogens with zero attached hydrogens (tertiary/aromatic N) is 5. The molecule has 2 aliphatic rings. The summed E-state index contributed by atoms with van der Waals surface area (Å²) in [7, 11) is 0. The van der Waals surface area contributed by atoms with Crippen LogP contribution in [0.5, 0.6) is 0 Å². The highest BCUT2D eigenvalue weighted by Crippen LogP contribution is 2.26. The smallest absolute Gasteiger partial charge is 0.115 e. The van der Waals surface area contributed by atoms with Gasteiger partial charge in [0.15, 0.2) is 0 Å². The van der Waals surface area contributed by atoms with E-state index in [1.54, 1.807) is 0 Å². The van der Waals surface area contributed by atoms with Crippen LogP contribution < -0.4 is 15.1 Å². The maximum absolute atomic E-state index is 4.88. The lowest BCUT2D eigenvalue weighted by Crippen LogP contribution is -2.43. The van der Waals surface area contributed by atoms with E-state index in [9.17, 15) is 0 Å². The van der Waals surface area contributed by atoms with E-state index >= 15 is 0 Å². The third-order valence-corrected chi connectivity index (χ3v) is 6.04. The van der Waals surface area contributed by atoms with E-state index in [-0.39, 0.29) is 0 Å². The van der Waals surface area contributed by atoms with Gasteiger partial charge >= 0.3 is 0 Å². The highest BCUT2D eigenvalue weighted by Gasteiger charge is 2.17. The van der Waals surface area contributed by atoms with Crippen molar-refractivity contribution in [3.05, 3.63) is 66.1 Å². The molecule has 1 saturated heterocycles. The Labute approximate surface area is 177 Å². The Balaban J connectivity index is 1.36. The van der Waals surface area contributed by atoms with Crippen molar-refractivity contribution < 1.29 is 0 Å². The third kappa shape index (κ3) is 3.37. The lowest BCUT2D eigenvalue weighted by molar-refractivity contribution is 0.589. The molecule has 0 saturated carbocycles. The number of aromatic nitrogens is 2. The first-order valence-electron chi connectivity index (χ1n) is 10.7. The molecule has 5 rings (SSSR count). The van der Waals surface area contributed by atoms with Crippen molar-refractivity contribution in [1.29, 1.82) is 0 Å². The van der Waals surface area contributed by atoms with Gasteiger partial charge in [0.2, 0.25) is 0 Å². The molecule has 1 N–H and O–H groups in total. The first-order valence-corrected chi connectivity index (χ1v) is 10.7. The molecule has 0 atom stereocenters. The van der Waals surface area contributed by atoms with Crippen molar-refractivity contribution in [2.45, 2.75) is 20.4 Å². The van der Waals surface area contributed by atoms with E-state index in [1.165, 1.54) is 16.8 Å². The molecule has 0 aliphatic carbocycles. The molecule has 3 aromatic rings. The number of hydrogen-bond donors (Lipinski definition) is 1. The average molecular weight is 401 g/mol. The Morgan fingerprint density at radius 3 is 2.50 bits per heavy atom. The van der Waals surface area contributed by atoms with Crippen LogP contribution in [0.2, 0.25) is 0 Å². The fraction of sp³-hybridized carbons (Fsp3) is 0.333. The lowest BCUT2D eigenvalue weighted by Gasteiger charge is -2.30. The van der Waals surface area contributed by atoms with Crippen LogP contribution in [-0.4, -0.2) is 48.1 Å². The molecule has 6 nitrogen and oxygen atoms in total. The zero-order chi connectivity index (χ0) is 20.5. The number of aryl methyl sites for hydroxylation is 2. The van der Waals surface area contributed by atoms with Crippen molar-refractivity contribution in [2.24, 2.45) is 4.99 Å². The fourth-order valence-corrected chi connectivity index (χ4v) is 4.36. The van der Waals surface area contributed by atoms with E-state index in [4.69, 9.17) is 4.99 Å². The number of nitrogens with one attached hydrogen (secondary N) is 1.